The summed E-state index contributed by atoms with van der Waals surface area (Å²) in [4.78, 5) is 9.06. The van der Waals surface area contributed by atoms with Gasteiger partial charge in [0.05, 0.1) is 11.2 Å². The number of rotatable bonds is 1. The molecule has 0 saturated carbocycles. The van der Waals surface area contributed by atoms with Crippen molar-refractivity contribution in [3.8, 4) is 0 Å². The van der Waals surface area contributed by atoms with Crippen molar-refractivity contribution in [1.29, 1.82) is 0 Å². The van der Waals surface area contributed by atoms with Gasteiger partial charge in [-0.2, -0.15) is 0 Å². The highest BCUT2D eigenvalue weighted by molar-refractivity contribution is 5.92. The minimum absolute atomic E-state index is 0.832. The fraction of sp³-hybridized carbons (Fsp3) is 0.200. The molecule has 0 amide bonds. The molecule has 17 heavy (non-hydrogen) atoms. The zero-order valence-electron chi connectivity index (χ0n) is 9.85. The summed E-state index contributed by atoms with van der Waals surface area (Å²) in [7, 11) is 0. The first-order chi connectivity index (χ1) is 8.34. The van der Waals surface area contributed by atoms with Crippen LogP contribution in [0.2, 0.25) is 0 Å². The Kier molecular flexibility index (Phi) is 2.48. The second-order valence-corrected chi connectivity index (χ2v) is 4.28. The van der Waals surface area contributed by atoms with Gasteiger partial charge < -0.3 is 0 Å². The number of aromatic nitrogens is 2. The molecule has 0 bridgehead atoms. The van der Waals surface area contributed by atoms with Crippen LogP contribution in [0.3, 0.4) is 0 Å². The van der Waals surface area contributed by atoms with E-state index in [2.05, 4.69) is 34.3 Å². The Labute approximate surface area is 101 Å². The molecule has 0 unspecified atom stereocenters. The van der Waals surface area contributed by atoms with Crippen molar-refractivity contribution in [2.24, 2.45) is 0 Å². The summed E-state index contributed by atoms with van der Waals surface area (Å²) < 4.78 is 0. The van der Waals surface area contributed by atoms with Crippen molar-refractivity contribution in [1.82, 2.24) is 9.97 Å². The fourth-order valence-corrected chi connectivity index (χ4v) is 2.20. The average Bonchev–Trinajstić information content (AvgIpc) is 2.39. The summed E-state index contributed by atoms with van der Waals surface area (Å²) in [5.74, 6) is 0.832. The molecule has 2 aromatic rings. The van der Waals surface area contributed by atoms with Crippen molar-refractivity contribution in [2.75, 3.05) is 0 Å². The SMILES string of the molecule is Cc1nc(C2=CCCC=C2)c2ccccc2n1. The van der Waals surface area contributed by atoms with Crippen molar-refractivity contribution < 1.29 is 0 Å². The number of fused-ring (bicyclic) bond motifs is 1. The first kappa shape index (κ1) is 10.2. The van der Waals surface area contributed by atoms with Gasteiger partial charge in [0, 0.05) is 5.39 Å². The van der Waals surface area contributed by atoms with Crippen LogP contribution in [0.4, 0.5) is 0 Å². The molecule has 84 valence electrons. The Bertz CT molecular complexity index is 624. The molecule has 1 heterocycles. The van der Waals surface area contributed by atoms with Crippen molar-refractivity contribution >= 4 is 16.5 Å². The Morgan fingerprint density at radius 1 is 1.06 bits per heavy atom. The number of hydrogen-bond acceptors (Lipinski definition) is 2. The third kappa shape index (κ3) is 1.86. The standard InChI is InChI=1S/C15H14N2/c1-11-16-14-10-6-5-9-13(14)15(17-11)12-7-3-2-4-8-12/h3,5-10H,2,4H2,1H3. The van der Waals surface area contributed by atoms with Crippen LogP contribution >= 0.6 is 0 Å². The molecule has 3 rings (SSSR count). The van der Waals surface area contributed by atoms with Crippen LogP contribution in [0.1, 0.15) is 24.4 Å². The summed E-state index contributed by atoms with van der Waals surface area (Å²) in [5, 5.41) is 1.14. The van der Waals surface area contributed by atoms with Gasteiger partial charge in [0.2, 0.25) is 0 Å². The lowest BCUT2D eigenvalue weighted by atomic mass is 10.0. The van der Waals surface area contributed by atoms with Gasteiger partial charge in [-0.3, -0.25) is 0 Å². The topological polar surface area (TPSA) is 25.8 Å². The Morgan fingerprint density at radius 3 is 2.76 bits per heavy atom. The van der Waals surface area contributed by atoms with Gasteiger partial charge in [-0.05, 0) is 31.4 Å². The highest BCUT2D eigenvalue weighted by Gasteiger charge is 2.09. The highest BCUT2D eigenvalue weighted by atomic mass is 14.9. The van der Waals surface area contributed by atoms with Gasteiger partial charge >= 0.3 is 0 Å². The summed E-state index contributed by atoms with van der Waals surface area (Å²) in [6.45, 7) is 1.95. The number of aryl methyl sites for hydroxylation is 1. The smallest absolute Gasteiger partial charge is 0.126 e. The predicted molar refractivity (Wildman–Crippen MR) is 70.6 cm³/mol. The van der Waals surface area contributed by atoms with Crippen molar-refractivity contribution in [3.05, 3.63) is 54.0 Å². The first-order valence-corrected chi connectivity index (χ1v) is 5.95. The van der Waals surface area contributed by atoms with E-state index in [9.17, 15) is 0 Å². The van der Waals surface area contributed by atoms with Crippen LogP contribution in [-0.4, -0.2) is 9.97 Å². The number of para-hydroxylation sites is 1. The van der Waals surface area contributed by atoms with Crippen LogP contribution in [0.15, 0.2) is 42.5 Å². The Morgan fingerprint density at radius 2 is 1.94 bits per heavy atom. The molecule has 2 nitrogen and oxygen atoms in total. The molecule has 1 aliphatic carbocycles. The maximum absolute atomic E-state index is 4.59. The molecular formula is C15H14N2. The molecule has 0 radical (unpaired) electrons. The van der Waals surface area contributed by atoms with Crippen LogP contribution in [0, 0.1) is 6.92 Å². The molecule has 1 aromatic carbocycles. The number of benzene rings is 1. The van der Waals surface area contributed by atoms with E-state index in [0.717, 1.165) is 35.3 Å². The van der Waals surface area contributed by atoms with Crippen molar-refractivity contribution in [3.63, 3.8) is 0 Å². The third-order valence-corrected chi connectivity index (χ3v) is 2.98. The lowest BCUT2D eigenvalue weighted by Gasteiger charge is -2.10. The lowest BCUT2D eigenvalue weighted by molar-refractivity contribution is 1.03. The zero-order valence-corrected chi connectivity index (χ0v) is 9.85. The minimum Gasteiger partial charge on any atom is -0.233 e. The average molecular weight is 222 g/mol. The molecular weight excluding hydrogens is 208 g/mol. The quantitative estimate of drug-likeness (QED) is 0.735. The molecule has 0 saturated heterocycles. The second kappa shape index (κ2) is 4.13. The highest BCUT2D eigenvalue weighted by Crippen LogP contribution is 2.26. The molecule has 0 atom stereocenters. The maximum atomic E-state index is 4.59. The minimum atomic E-state index is 0.832. The van der Waals surface area contributed by atoms with E-state index in [1.54, 1.807) is 0 Å². The summed E-state index contributed by atoms with van der Waals surface area (Å²) in [6.07, 6.45) is 8.86. The van der Waals surface area contributed by atoms with Gasteiger partial charge in [0.1, 0.15) is 5.82 Å². The van der Waals surface area contributed by atoms with E-state index < -0.39 is 0 Å². The van der Waals surface area contributed by atoms with E-state index in [4.69, 9.17) is 0 Å². The lowest BCUT2D eigenvalue weighted by Crippen LogP contribution is -1.97. The molecule has 1 aliphatic rings. The molecule has 0 fully saturated rings. The zero-order chi connectivity index (χ0) is 11.7. The van der Waals surface area contributed by atoms with E-state index in [1.807, 2.05) is 25.1 Å². The summed E-state index contributed by atoms with van der Waals surface area (Å²) >= 11 is 0. The van der Waals surface area contributed by atoms with Crippen LogP contribution in [-0.2, 0) is 0 Å². The molecule has 0 spiro atoms. The third-order valence-electron chi connectivity index (χ3n) is 2.98. The van der Waals surface area contributed by atoms with E-state index >= 15 is 0 Å². The van der Waals surface area contributed by atoms with Gasteiger partial charge in [-0.15, -0.1) is 0 Å². The summed E-state index contributed by atoms with van der Waals surface area (Å²) in [5.41, 5.74) is 3.30. The normalized spacial score (nSPS) is 15.0. The summed E-state index contributed by atoms with van der Waals surface area (Å²) in [6, 6.07) is 8.19. The largest absolute Gasteiger partial charge is 0.233 e. The van der Waals surface area contributed by atoms with Crippen LogP contribution in [0.25, 0.3) is 16.5 Å². The van der Waals surface area contributed by atoms with Crippen LogP contribution in [0.5, 0.6) is 0 Å². The molecule has 0 N–H and O–H groups in total. The van der Waals surface area contributed by atoms with Gasteiger partial charge in [0.25, 0.3) is 0 Å². The number of allylic oxidation sites excluding steroid dienone is 4. The molecule has 1 aromatic heterocycles. The van der Waals surface area contributed by atoms with Gasteiger partial charge in [-0.25, -0.2) is 9.97 Å². The maximum Gasteiger partial charge on any atom is 0.126 e. The molecule has 2 heteroatoms. The van der Waals surface area contributed by atoms with Crippen molar-refractivity contribution in [2.45, 2.75) is 19.8 Å². The predicted octanol–water partition coefficient (Wildman–Crippen LogP) is 3.67. The Hall–Kier alpha value is -1.96. The monoisotopic (exact) mass is 222 g/mol. The Balaban J connectivity index is 2.27. The first-order valence-electron chi connectivity index (χ1n) is 5.95. The second-order valence-electron chi connectivity index (χ2n) is 4.28. The molecule has 0 aliphatic heterocycles. The van der Waals surface area contributed by atoms with Gasteiger partial charge in [-0.1, -0.05) is 36.4 Å². The van der Waals surface area contributed by atoms with Crippen LogP contribution < -0.4 is 0 Å². The van der Waals surface area contributed by atoms with E-state index in [1.165, 1.54) is 5.57 Å². The van der Waals surface area contributed by atoms with E-state index in [0.29, 0.717) is 0 Å². The number of nitrogens with zero attached hydrogens (tertiary/aromatic N) is 2. The van der Waals surface area contributed by atoms with E-state index in [-0.39, 0.29) is 0 Å². The van der Waals surface area contributed by atoms with Gasteiger partial charge in [0.15, 0.2) is 0 Å². The fourth-order valence-electron chi connectivity index (χ4n) is 2.20. The number of hydrogen-bond donors (Lipinski definition) is 0.